The number of rotatable bonds is 14. The first-order valence-electron chi connectivity index (χ1n) is 15.3. The summed E-state index contributed by atoms with van der Waals surface area (Å²) in [4.78, 5) is 13.0. The van der Waals surface area contributed by atoms with Crippen molar-refractivity contribution in [3.8, 4) is 5.75 Å². The maximum Gasteiger partial charge on any atom is 0.224 e. The van der Waals surface area contributed by atoms with E-state index in [1.165, 1.54) is 32.1 Å². The van der Waals surface area contributed by atoms with Crippen LogP contribution in [0.15, 0.2) is 53.3 Å². The number of unbranched alkanes of at least 4 members (excludes halogenated alkanes) is 5. The summed E-state index contributed by atoms with van der Waals surface area (Å²) in [5.74, 6) is 1.18. The molecule has 226 valence electrons. The average molecular weight is 554 g/mol. The molecule has 1 aromatic carbocycles. The van der Waals surface area contributed by atoms with Gasteiger partial charge in [-0.1, -0.05) is 120 Å². The molecule has 0 saturated heterocycles. The van der Waals surface area contributed by atoms with E-state index in [1.54, 1.807) is 6.92 Å². The van der Waals surface area contributed by atoms with Crippen molar-refractivity contribution >= 4 is 11.6 Å². The van der Waals surface area contributed by atoms with Crippen molar-refractivity contribution in [3.63, 3.8) is 0 Å². The van der Waals surface area contributed by atoms with Crippen molar-refractivity contribution < 1.29 is 14.6 Å². The van der Waals surface area contributed by atoms with Gasteiger partial charge in [0.1, 0.15) is 5.75 Å². The quantitative estimate of drug-likeness (QED) is 0.137. The largest absolute Gasteiger partial charge is 0.512 e. The smallest absolute Gasteiger partial charge is 0.224 e. The summed E-state index contributed by atoms with van der Waals surface area (Å²) in [6.07, 6.45) is 14.6. The van der Waals surface area contributed by atoms with E-state index in [4.69, 9.17) is 4.74 Å². The highest BCUT2D eigenvalue weighted by atomic mass is 16.5. The Morgan fingerprint density at radius 1 is 0.925 bits per heavy atom. The van der Waals surface area contributed by atoms with Gasteiger partial charge in [-0.3, -0.25) is 4.79 Å². The molecule has 40 heavy (non-hydrogen) atoms. The summed E-state index contributed by atoms with van der Waals surface area (Å²) < 4.78 is 6.19. The molecule has 4 heteroatoms. The second-order valence-electron chi connectivity index (χ2n) is 14.3. The van der Waals surface area contributed by atoms with Crippen molar-refractivity contribution in [3.05, 3.63) is 58.9 Å². The Hall–Kier alpha value is -2.49. The zero-order valence-electron chi connectivity index (χ0n) is 27.6. The van der Waals surface area contributed by atoms with E-state index < -0.39 is 0 Å². The third-order valence-electron chi connectivity index (χ3n) is 6.79. The van der Waals surface area contributed by atoms with Crippen LogP contribution in [0.3, 0.4) is 0 Å². The van der Waals surface area contributed by atoms with Crippen LogP contribution in [-0.2, 0) is 10.2 Å². The van der Waals surface area contributed by atoms with Crippen molar-refractivity contribution in [1.29, 1.82) is 0 Å². The predicted molar refractivity (Wildman–Crippen MR) is 173 cm³/mol. The zero-order chi connectivity index (χ0) is 30.6. The van der Waals surface area contributed by atoms with Crippen molar-refractivity contribution in [2.75, 3.05) is 11.9 Å². The van der Waals surface area contributed by atoms with Gasteiger partial charge in [-0.2, -0.15) is 0 Å². The van der Waals surface area contributed by atoms with Crippen molar-refractivity contribution in [2.24, 2.45) is 10.8 Å². The van der Waals surface area contributed by atoms with Crippen LogP contribution < -0.4 is 10.1 Å². The van der Waals surface area contributed by atoms with Crippen LogP contribution in [0, 0.1) is 10.8 Å². The van der Waals surface area contributed by atoms with Crippen LogP contribution in [-0.4, -0.2) is 17.6 Å². The molecule has 0 aliphatic rings. The number of aliphatic hydroxyl groups excluding tert-OH is 1. The monoisotopic (exact) mass is 553 g/mol. The average Bonchev–Trinajstić information content (AvgIpc) is 2.81. The molecule has 0 aromatic heterocycles. The van der Waals surface area contributed by atoms with Gasteiger partial charge < -0.3 is 15.2 Å². The van der Waals surface area contributed by atoms with Gasteiger partial charge >= 0.3 is 0 Å². The van der Waals surface area contributed by atoms with Crippen LogP contribution in [0.4, 0.5) is 5.69 Å². The van der Waals surface area contributed by atoms with E-state index >= 15 is 0 Å². The number of hydrogen-bond donors (Lipinski definition) is 2. The summed E-state index contributed by atoms with van der Waals surface area (Å²) in [5.41, 5.74) is 3.50. The van der Waals surface area contributed by atoms with E-state index in [1.807, 2.05) is 18.2 Å². The molecule has 1 amide bonds. The first kappa shape index (κ1) is 35.5. The fourth-order valence-electron chi connectivity index (χ4n) is 4.48. The normalized spacial score (nSPS) is 13.9. The fraction of sp³-hybridized carbons (Fsp3) is 0.639. The molecule has 2 N–H and O–H groups in total. The van der Waals surface area contributed by atoms with Crippen LogP contribution in [0.2, 0.25) is 0 Å². The minimum Gasteiger partial charge on any atom is -0.512 e. The Morgan fingerprint density at radius 2 is 1.55 bits per heavy atom. The summed E-state index contributed by atoms with van der Waals surface area (Å²) in [5, 5.41) is 13.4. The van der Waals surface area contributed by atoms with E-state index in [2.05, 4.69) is 92.8 Å². The van der Waals surface area contributed by atoms with Gasteiger partial charge in [0.05, 0.1) is 12.4 Å². The molecule has 4 nitrogen and oxygen atoms in total. The van der Waals surface area contributed by atoms with Gasteiger partial charge in [0.25, 0.3) is 0 Å². The maximum absolute atomic E-state index is 13.0. The van der Waals surface area contributed by atoms with Gasteiger partial charge in [0, 0.05) is 17.7 Å². The second kappa shape index (κ2) is 16.1. The van der Waals surface area contributed by atoms with Crippen LogP contribution in [0.25, 0.3) is 0 Å². The predicted octanol–water partition coefficient (Wildman–Crippen LogP) is 10.8. The highest BCUT2D eigenvalue weighted by molar-refractivity contribution is 5.91. The summed E-state index contributed by atoms with van der Waals surface area (Å²) in [7, 11) is 0. The molecule has 0 heterocycles. The van der Waals surface area contributed by atoms with Gasteiger partial charge in [0.2, 0.25) is 5.91 Å². The molecule has 0 aliphatic carbocycles. The summed E-state index contributed by atoms with van der Waals surface area (Å²) >= 11 is 0. The highest BCUT2D eigenvalue weighted by Crippen LogP contribution is 2.34. The van der Waals surface area contributed by atoms with Crippen molar-refractivity contribution in [1.82, 2.24) is 0 Å². The molecule has 1 aromatic rings. The van der Waals surface area contributed by atoms with Gasteiger partial charge in [-0.25, -0.2) is 0 Å². The summed E-state index contributed by atoms with van der Waals surface area (Å²) in [6, 6.07) is 5.99. The molecule has 0 bridgehead atoms. The lowest BCUT2D eigenvalue weighted by Crippen LogP contribution is -2.16. The Kier molecular flexibility index (Phi) is 14.3. The SMILES string of the molecule is CCCCCCCCOc1ccc(NC(=O)CCC(=C/C(=C(\C)O)C(C)(C)C)/C=C/C(C)(C)C)cc1C(C)(C)C. The van der Waals surface area contributed by atoms with Crippen LogP contribution in [0.5, 0.6) is 5.75 Å². The minimum absolute atomic E-state index is 0.0173. The number of anilines is 1. The molecular formula is C36H59NO3. The lowest BCUT2D eigenvalue weighted by Gasteiger charge is -2.24. The summed E-state index contributed by atoms with van der Waals surface area (Å²) in [6.45, 7) is 23.9. The Labute approximate surface area is 246 Å². The van der Waals surface area contributed by atoms with E-state index in [9.17, 15) is 9.90 Å². The van der Waals surface area contributed by atoms with Crippen molar-refractivity contribution in [2.45, 2.75) is 133 Å². The number of allylic oxidation sites excluding steroid dienone is 6. The lowest BCUT2D eigenvalue weighted by atomic mass is 9.83. The molecule has 1 rings (SSSR count). The third-order valence-corrected chi connectivity index (χ3v) is 6.79. The molecule has 0 fully saturated rings. The standard InChI is InChI=1S/C36H59NO3/c1-12-13-14-15-16-17-24-40-32-20-19-29(26-31(32)36(9,10)11)37-33(39)21-18-28(22-23-34(3,4)5)25-30(27(2)38)35(6,7)8/h19-20,22-23,25-26,38H,12-18,21,24H2,1-11H3,(H,37,39)/b23-22+,28-25-,30-27-. The third kappa shape index (κ3) is 14.2. The van der Waals surface area contributed by atoms with Gasteiger partial charge in [0.15, 0.2) is 0 Å². The number of hydrogen-bond acceptors (Lipinski definition) is 3. The molecule has 0 atom stereocenters. The van der Waals surface area contributed by atoms with E-state index in [-0.39, 0.29) is 22.2 Å². The van der Waals surface area contributed by atoms with Crippen LogP contribution in [0.1, 0.15) is 133 Å². The maximum atomic E-state index is 13.0. The number of ether oxygens (including phenoxy) is 1. The van der Waals surface area contributed by atoms with Gasteiger partial charge in [-0.15, -0.1) is 0 Å². The number of carbonyl (C=O) groups is 1. The topological polar surface area (TPSA) is 58.6 Å². The Balaban J connectivity index is 2.98. The number of nitrogens with one attached hydrogen (secondary N) is 1. The van der Waals surface area contributed by atoms with Crippen LogP contribution >= 0.6 is 0 Å². The molecule has 0 radical (unpaired) electrons. The lowest BCUT2D eigenvalue weighted by molar-refractivity contribution is -0.116. The molecule has 0 spiro atoms. The number of aliphatic hydroxyl groups is 1. The Morgan fingerprint density at radius 3 is 2.10 bits per heavy atom. The number of benzene rings is 1. The first-order valence-corrected chi connectivity index (χ1v) is 15.3. The Bertz CT molecular complexity index is 1020. The highest BCUT2D eigenvalue weighted by Gasteiger charge is 2.21. The van der Waals surface area contributed by atoms with E-state index in [0.29, 0.717) is 18.6 Å². The van der Waals surface area contributed by atoms with E-state index in [0.717, 1.165) is 41.2 Å². The second-order valence-corrected chi connectivity index (χ2v) is 14.3. The first-order chi connectivity index (χ1) is 18.4. The molecular weight excluding hydrogens is 494 g/mol. The molecule has 0 saturated carbocycles. The fourth-order valence-corrected chi connectivity index (χ4v) is 4.48. The number of carbonyl (C=O) groups excluding carboxylic acids is 1. The zero-order valence-corrected chi connectivity index (χ0v) is 27.6. The molecule has 0 unspecified atom stereocenters. The number of amides is 1. The minimum atomic E-state index is -0.204. The molecule has 0 aliphatic heterocycles. The van der Waals surface area contributed by atoms with Gasteiger partial charge in [-0.05, 0) is 65.4 Å².